The van der Waals surface area contributed by atoms with Crippen LogP contribution in [0.2, 0.25) is 0 Å². The summed E-state index contributed by atoms with van der Waals surface area (Å²) < 4.78 is 0. The number of nitrogens with zero attached hydrogens (tertiary/aromatic N) is 1. The molecule has 0 heterocycles. The average molecular weight is 460 g/mol. The highest BCUT2D eigenvalue weighted by Gasteiger charge is 2.41. The maximum Gasteiger partial charge on any atom is 0.0454 e. The molecule has 0 N–H and O–H groups in total. The quantitative estimate of drug-likeness (QED) is 0.294. The standard InChI is InChI=1S/C34H37N/c1-23(2)35(26-19-17-25(18-20-26)24-13-9-8-10-14-24)30-22-21-28-27-15-11-12-16-29(27)34(6,7)31(28)32(30)33(3,4)5/h8-23H,1-7H3. The van der Waals surface area contributed by atoms with Gasteiger partial charge in [-0.1, -0.05) is 107 Å². The van der Waals surface area contributed by atoms with E-state index in [1.807, 2.05) is 0 Å². The fourth-order valence-electron chi connectivity index (χ4n) is 5.98. The van der Waals surface area contributed by atoms with E-state index in [0.29, 0.717) is 6.04 Å². The zero-order valence-electron chi connectivity index (χ0n) is 22.2. The average Bonchev–Trinajstić information content (AvgIpc) is 3.06. The van der Waals surface area contributed by atoms with E-state index < -0.39 is 0 Å². The lowest BCUT2D eigenvalue weighted by Gasteiger charge is -2.38. The number of benzene rings is 4. The fraction of sp³-hybridized carbons (Fsp3) is 0.294. The van der Waals surface area contributed by atoms with Crippen molar-refractivity contribution in [2.45, 2.75) is 65.3 Å². The third-order valence-electron chi connectivity index (χ3n) is 7.48. The summed E-state index contributed by atoms with van der Waals surface area (Å²) in [5.74, 6) is 0. The van der Waals surface area contributed by atoms with Crippen molar-refractivity contribution in [1.29, 1.82) is 0 Å². The first-order valence-corrected chi connectivity index (χ1v) is 12.8. The molecule has 1 heteroatoms. The number of hydrogen-bond acceptors (Lipinski definition) is 1. The van der Waals surface area contributed by atoms with Gasteiger partial charge in [0.05, 0.1) is 0 Å². The van der Waals surface area contributed by atoms with Gasteiger partial charge in [-0.25, -0.2) is 0 Å². The Hall–Kier alpha value is -3.32. The molecule has 0 spiro atoms. The lowest BCUT2D eigenvalue weighted by molar-refractivity contribution is 0.554. The number of fused-ring (bicyclic) bond motifs is 3. The van der Waals surface area contributed by atoms with Gasteiger partial charge in [0.2, 0.25) is 0 Å². The Bertz CT molecular complexity index is 1350. The zero-order chi connectivity index (χ0) is 25.0. The first-order valence-electron chi connectivity index (χ1n) is 12.8. The van der Waals surface area contributed by atoms with Crippen LogP contribution in [0.5, 0.6) is 0 Å². The van der Waals surface area contributed by atoms with Crippen LogP contribution in [-0.2, 0) is 10.8 Å². The van der Waals surface area contributed by atoms with Gasteiger partial charge in [-0.3, -0.25) is 0 Å². The van der Waals surface area contributed by atoms with Crippen LogP contribution < -0.4 is 4.90 Å². The van der Waals surface area contributed by atoms with Crippen molar-refractivity contribution in [3.63, 3.8) is 0 Å². The second-order valence-electron chi connectivity index (χ2n) is 11.7. The summed E-state index contributed by atoms with van der Waals surface area (Å²) in [6.07, 6.45) is 0. The second kappa shape index (κ2) is 8.41. The molecule has 4 aromatic rings. The molecular weight excluding hydrogens is 422 g/mol. The largest absolute Gasteiger partial charge is 0.339 e. The molecule has 4 aromatic carbocycles. The number of rotatable bonds is 4. The summed E-state index contributed by atoms with van der Waals surface area (Å²) in [6.45, 7) is 16.5. The van der Waals surface area contributed by atoms with E-state index in [4.69, 9.17) is 0 Å². The van der Waals surface area contributed by atoms with Crippen LogP contribution in [0.1, 0.15) is 65.2 Å². The smallest absolute Gasteiger partial charge is 0.0454 e. The summed E-state index contributed by atoms with van der Waals surface area (Å²) in [4.78, 5) is 2.52. The maximum atomic E-state index is 2.52. The molecule has 0 bridgehead atoms. The molecular formula is C34H37N. The third-order valence-corrected chi connectivity index (χ3v) is 7.48. The Kier molecular flexibility index (Phi) is 5.63. The summed E-state index contributed by atoms with van der Waals surface area (Å²) >= 11 is 0. The molecule has 178 valence electrons. The van der Waals surface area contributed by atoms with E-state index in [0.717, 1.165) is 0 Å². The van der Waals surface area contributed by atoms with Crippen molar-refractivity contribution < 1.29 is 0 Å². The van der Waals surface area contributed by atoms with Gasteiger partial charge in [0.25, 0.3) is 0 Å². The molecule has 1 aliphatic carbocycles. The van der Waals surface area contributed by atoms with Crippen LogP contribution in [0.15, 0.2) is 91.0 Å². The summed E-state index contributed by atoms with van der Waals surface area (Å²) in [6, 6.07) is 33.7. The Labute approximate surface area is 211 Å². The fourth-order valence-corrected chi connectivity index (χ4v) is 5.98. The van der Waals surface area contributed by atoms with Gasteiger partial charge in [0.1, 0.15) is 0 Å². The van der Waals surface area contributed by atoms with Gasteiger partial charge in [0.15, 0.2) is 0 Å². The van der Waals surface area contributed by atoms with Crippen LogP contribution in [-0.4, -0.2) is 6.04 Å². The van der Waals surface area contributed by atoms with Gasteiger partial charge in [-0.15, -0.1) is 0 Å². The van der Waals surface area contributed by atoms with E-state index >= 15 is 0 Å². The minimum atomic E-state index is -0.0373. The van der Waals surface area contributed by atoms with Crippen molar-refractivity contribution in [2.75, 3.05) is 4.90 Å². The zero-order valence-corrected chi connectivity index (χ0v) is 22.2. The number of hydrogen-bond donors (Lipinski definition) is 0. The highest BCUT2D eigenvalue weighted by atomic mass is 15.2. The van der Waals surface area contributed by atoms with Gasteiger partial charge < -0.3 is 4.90 Å². The topological polar surface area (TPSA) is 3.24 Å². The predicted octanol–water partition coefficient (Wildman–Crippen LogP) is 9.50. The molecule has 1 nitrogen and oxygen atoms in total. The van der Waals surface area contributed by atoms with E-state index in [1.54, 1.807) is 0 Å². The Morgan fingerprint density at radius 3 is 1.89 bits per heavy atom. The van der Waals surface area contributed by atoms with E-state index in [-0.39, 0.29) is 10.8 Å². The van der Waals surface area contributed by atoms with E-state index in [2.05, 4.69) is 144 Å². The van der Waals surface area contributed by atoms with Crippen LogP contribution in [0.3, 0.4) is 0 Å². The maximum absolute atomic E-state index is 2.52. The molecule has 0 aliphatic heterocycles. The van der Waals surface area contributed by atoms with Crippen LogP contribution in [0.4, 0.5) is 11.4 Å². The molecule has 35 heavy (non-hydrogen) atoms. The monoisotopic (exact) mass is 459 g/mol. The SMILES string of the molecule is CC(C)N(c1ccc(-c2ccccc2)cc1)c1ccc2c(c1C(C)(C)C)C(C)(C)c1ccccc1-2. The van der Waals surface area contributed by atoms with E-state index in [1.165, 1.54) is 50.3 Å². The van der Waals surface area contributed by atoms with Crippen molar-refractivity contribution in [3.05, 3.63) is 108 Å². The Morgan fingerprint density at radius 2 is 1.26 bits per heavy atom. The second-order valence-corrected chi connectivity index (χ2v) is 11.7. The molecule has 0 radical (unpaired) electrons. The highest BCUT2D eigenvalue weighted by Crippen LogP contribution is 2.54. The molecule has 5 rings (SSSR count). The summed E-state index contributed by atoms with van der Waals surface area (Å²) in [5, 5.41) is 0. The highest BCUT2D eigenvalue weighted by molar-refractivity contribution is 5.86. The normalized spacial score (nSPS) is 14.1. The molecule has 0 aromatic heterocycles. The van der Waals surface area contributed by atoms with Crippen LogP contribution >= 0.6 is 0 Å². The molecule has 0 saturated heterocycles. The molecule has 0 atom stereocenters. The Morgan fingerprint density at radius 1 is 0.657 bits per heavy atom. The molecule has 0 amide bonds. The van der Waals surface area contributed by atoms with Crippen molar-refractivity contribution >= 4 is 11.4 Å². The third kappa shape index (κ3) is 3.88. The van der Waals surface area contributed by atoms with Crippen molar-refractivity contribution in [3.8, 4) is 22.3 Å². The molecule has 0 saturated carbocycles. The minimum Gasteiger partial charge on any atom is -0.339 e. The number of anilines is 2. The molecule has 0 fully saturated rings. The van der Waals surface area contributed by atoms with Crippen molar-refractivity contribution in [2.24, 2.45) is 0 Å². The van der Waals surface area contributed by atoms with Crippen molar-refractivity contribution in [1.82, 2.24) is 0 Å². The molecule has 0 unspecified atom stereocenters. The predicted molar refractivity (Wildman–Crippen MR) is 152 cm³/mol. The Balaban J connectivity index is 1.69. The lowest BCUT2D eigenvalue weighted by Crippen LogP contribution is -2.31. The lowest BCUT2D eigenvalue weighted by atomic mass is 9.72. The van der Waals surface area contributed by atoms with E-state index in [9.17, 15) is 0 Å². The van der Waals surface area contributed by atoms with Gasteiger partial charge in [0, 0.05) is 22.8 Å². The van der Waals surface area contributed by atoms with Crippen LogP contribution in [0, 0.1) is 0 Å². The van der Waals surface area contributed by atoms with Gasteiger partial charge >= 0.3 is 0 Å². The minimum absolute atomic E-state index is 0.00287. The summed E-state index contributed by atoms with van der Waals surface area (Å²) in [7, 11) is 0. The first kappa shape index (κ1) is 23.4. The van der Waals surface area contributed by atoms with Gasteiger partial charge in [-0.05, 0) is 76.4 Å². The van der Waals surface area contributed by atoms with Crippen LogP contribution in [0.25, 0.3) is 22.3 Å². The molecule has 1 aliphatic rings. The first-order chi connectivity index (χ1) is 16.6. The van der Waals surface area contributed by atoms with Gasteiger partial charge in [-0.2, -0.15) is 0 Å². The summed E-state index contributed by atoms with van der Waals surface area (Å²) in [5.41, 5.74) is 12.2.